The lowest BCUT2D eigenvalue weighted by Crippen LogP contribution is -2.62. The molecule has 7 heteroatoms. The standard InChI is InChI=1S/C23H38N4O3/c1-16(2)6-9-24-22(29)18-7-10-25(11-8-18)23(30)26-13-17-12-19(15-26)20-4-3-5-21(28)27(20)14-17/h16-20H,3-15H2,1-2H3,(H,24,29)/t17-,19+,20+/m0/s1. The molecule has 4 amide bonds. The number of urea groups is 1. The van der Waals surface area contributed by atoms with Crippen LogP contribution >= 0.6 is 0 Å². The van der Waals surface area contributed by atoms with Crippen molar-refractivity contribution in [3.63, 3.8) is 0 Å². The summed E-state index contributed by atoms with van der Waals surface area (Å²) in [5, 5.41) is 3.06. The second-order valence-corrected chi connectivity index (χ2v) is 10.3. The summed E-state index contributed by atoms with van der Waals surface area (Å²) in [6, 6.07) is 0.470. The van der Waals surface area contributed by atoms with Crippen molar-refractivity contribution in [3.05, 3.63) is 0 Å². The van der Waals surface area contributed by atoms with E-state index in [9.17, 15) is 14.4 Å². The average molecular weight is 419 g/mol. The van der Waals surface area contributed by atoms with Crippen LogP contribution in [0.2, 0.25) is 0 Å². The van der Waals surface area contributed by atoms with Crippen LogP contribution in [0.3, 0.4) is 0 Å². The van der Waals surface area contributed by atoms with Gasteiger partial charge in [0, 0.05) is 57.6 Å². The third kappa shape index (κ3) is 4.59. The zero-order chi connectivity index (χ0) is 21.3. The molecule has 0 saturated carbocycles. The van der Waals surface area contributed by atoms with Gasteiger partial charge in [0.2, 0.25) is 11.8 Å². The van der Waals surface area contributed by atoms with Gasteiger partial charge in [-0.1, -0.05) is 13.8 Å². The minimum absolute atomic E-state index is 0.0313. The molecule has 4 aliphatic heterocycles. The van der Waals surface area contributed by atoms with Crippen molar-refractivity contribution < 1.29 is 14.4 Å². The highest BCUT2D eigenvalue weighted by atomic mass is 16.2. The first-order valence-electron chi connectivity index (χ1n) is 12.0. The molecule has 2 bridgehead atoms. The van der Waals surface area contributed by atoms with Gasteiger partial charge in [0.25, 0.3) is 0 Å². The van der Waals surface area contributed by atoms with Crippen molar-refractivity contribution in [3.8, 4) is 0 Å². The molecule has 4 aliphatic rings. The monoisotopic (exact) mass is 418 g/mol. The maximum Gasteiger partial charge on any atom is 0.320 e. The highest BCUT2D eigenvalue weighted by molar-refractivity contribution is 5.80. The van der Waals surface area contributed by atoms with Gasteiger partial charge in [0.05, 0.1) is 0 Å². The van der Waals surface area contributed by atoms with Crippen LogP contribution < -0.4 is 5.32 Å². The summed E-state index contributed by atoms with van der Waals surface area (Å²) >= 11 is 0. The molecule has 0 aliphatic carbocycles. The van der Waals surface area contributed by atoms with Gasteiger partial charge < -0.3 is 20.0 Å². The first kappa shape index (κ1) is 21.4. The molecule has 3 atom stereocenters. The van der Waals surface area contributed by atoms with Gasteiger partial charge in [-0.05, 0) is 56.3 Å². The fraction of sp³-hybridized carbons (Fsp3) is 0.870. The Morgan fingerprint density at radius 2 is 1.83 bits per heavy atom. The normalized spacial score (nSPS) is 29.8. The lowest BCUT2D eigenvalue weighted by Gasteiger charge is -2.53. The van der Waals surface area contributed by atoms with E-state index < -0.39 is 0 Å². The Bertz CT molecular complexity index is 659. The van der Waals surface area contributed by atoms with E-state index in [2.05, 4.69) is 24.1 Å². The van der Waals surface area contributed by atoms with Gasteiger partial charge in [0.15, 0.2) is 0 Å². The quantitative estimate of drug-likeness (QED) is 0.761. The number of fused-ring (bicyclic) bond motifs is 4. The number of amides is 4. The van der Waals surface area contributed by atoms with Gasteiger partial charge in [-0.25, -0.2) is 4.79 Å². The Morgan fingerprint density at radius 3 is 2.57 bits per heavy atom. The van der Waals surface area contributed by atoms with Crippen molar-refractivity contribution in [2.24, 2.45) is 23.7 Å². The zero-order valence-electron chi connectivity index (χ0n) is 18.6. The number of hydrogen-bond donors (Lipinski definition) is 1. The van der Waals surface area contributed by atoms with E-state index in [1.807, 2.05) is 9.80 Å². The molecule has 4 fully saturated rings. The van der Waals surface area contributed by atoms with E-state index in [1.165, 1.54) is 0 Å². The third-order valence-corrected chi connectivity index (χ3v) is 7.61. The summed E-state index contributed by atoms with van der Waals surface area (Å²) in [6.45, 7) is 8.77. The number of likely N-dealkylation sites (tertiary alicyclic amines) is 2. The molecule has 0 spiro atoms. The summed E-state index contributed by atoms with van der Waals surface area (Å²) in [5.41, 5.74) is 0. The van der Waals surface area contributed by atoms with Crippen LogP contribution in [0.1, 0.15) is 58.8 Å². The summed E-state index contributed by atoms with van der Waals surface area (Å²) in [5.74, 6) is 1.92. The number of carbonyl (C=O) groups is 3. The number of nitrogens with one attached hydrogen (secondary N) is 1. The first-order valence-corrected chi connectivity index (χ1v) is 12.0. The Balaban J connectivity index is 1.27. The number of hydrogen-bond acceptors (Lipinski definition) is 3. The predicted octanol–water partition coefficient (Wildman–Crippen LogP) is 2.31. The fourth-order valence-electron chi connectivity index (χ4n) is 5.93. The SMILES string of the molecule is CC(C)CCNC(=O)C1CCN(C(=O)N2C[C@@H]3C[C@H](C2)[C@H]2CCCC(=O)N2C3)CC1. The summed E-state index contributed by atoms with van der Waals surface area (Å²) in [7, 11) is 0. The average Bonchev–Trinajstić information content (AvgIpc) is 2.73. The Labute approximate surface area is 180 Å². The van der Waals surface area contributed by atoms with Crippen LogP contribution in [0.25, 0.3) is 0 Å². The number of nitrogens with zero attached hydrogens (tertiary/aromatic N) is 3. The smallest absolute Gasteiger partial charge is 0.320 e. The Kier molecular flexibility index (Phi) is 6.54. The molecule has 4 heterocycles. The molecule has 7 nitrogen and oxygen atoms in total. The van der Waals surface area contributed by atoms with E-state index in [4.69, 9.17) is 0 Å². The van der Waals surface area contributed by atoms with Gasteiger partial charge in [-0.15, -0.1) is 0 Å². The van der Waals surface area contributed by atoms with Crippen LogP contribution in [-0.4, -0.2) is 77.9 Å². The maximum absolute atomic E-state index is 13.2. The molecular formula is C23H38N4O3. The Morgan fingerprint density at radius 1 is 1.07 bits per heavy atom. The lowest BCUT2D eigenvalue weighted by molar-refractivity contribution is -0.144. The molecule has 168 valence electrons. The topological polar surface area (TPSA) is 73.0 Å². The van der Waals surface area contributed by atoms with E-state index in [-0.39, 0.29) is 17.9 Å². The Hall–Kier alpha value is -1.79. The second-order valence-electron chi connectivity index (χ2n) is 10.3. The maximum atomic E-state index is 13.2. The van der Waals surface area contributed by atoms with Gasteiger partial charge >= 0.3 is 6.03 Å². The molecule has 4 saturated heterocycles. The second kappa shape index (κ2) is 9.15. The number of carbonyl (C=O) groups excluding carboxylic acids is 3. The van der Waals surface area contributed by atoms with Gasteiger partial charge in [-0.3, -0.25) is 9.59 Å². The zero-order valence-corrected chi connectivity index (χ0v) is 18.6. The molecule has 0 aromatic rings. The fourth-order valence-corrected chi connectivity index (χ4v) is 5.93. The highest BCUT2D eigenvalue weighted by Gasteiger charge is 2.45. The summed E-state index contributed by atoms with van der Waals surface area (Å²) < 4.78 is 0. The van der Waals surface area contributed by atoms with Gasteiger partial charge in [-0.2, -0.15) is 0 Å². The van der Waals surface area contributed by atoms with Gasteiger partial charge in [0.1, 0.15) is 0 Å². The lowest BCUT2D eigenvalue weighted by atomic mass is 9.76. The van der Waals surface area contributed by atoms with Crippen molar-refractivity contribution in [2.45, 2.75) is 64.8 Å². The summed E-state index contributed by atoms with van der Waals surface area (Å²) in [4.78, 5) is 44.0. The predicted molar refractivity (Wildman–Crippen MR) is 115 cm³/mol. The molecule has 30 heavy (non-hydrogen) atoms. The van der Waals surface area contributed by atoms with E-state index in [0.29, 0.717) is 49.2 Å². The molecular weight excluding hydrogens is 380 g/mol. The minimum atomic E-state index is 0.0313. The number of rotatable bonds is 4. The van der Waals surface area contributed by atoms with E-state index >= 15 is 0 Å². The third-order valence-electron chi connectivity index (χ3n) is 7.61. The molecule has 0 radical (unpaired) electrons. The van der Waals surface area contributed by atoms with E-state index in [0.717, 1.165) is 64.7 Å². The van der Waals surface area contributed by atoms with Crippen LogP contribution in [0.4, 0.5) is 4.79 Å². The van der Waals surface area contributed by atoms with Crippen LogP contribution in [0, 0.1) is 23.7 Å². The largest absolute Gasteiger partial charge is 0.356 e. The highest BCUT2D eigenvalue weighted by Crippen LogP contribution is 2.38. The van der Waals surface area contributed by atoms with Crippen molar-refractivity contribution in [2.75, 3.05) is 39.3 Å². The first-order chi connectivity index (χ1) is 14.4. The van der Waals surface area contributed by atoms with Crippen molar-refractivity contribution in [1.29, 1.82) is 0 Å². The van der Waals surface area contributed by atoms with Crippen molar-refractivity contribution in [1.82, 2.24) is 20.0 Å². The molecule has 0 unspecified atom stereocenters. The molecule has 0 aromatic heterocycles. The summed E-state index contributed by atoms with van der Waals surface area (Å²) in [6.07, 6.45) is 6.43. The van der Waals surface area contributed by atoms with Crippen molar-refractivity contribution >= 4 is 17.8 Å². The molecule has 1 N–H and O–H groups in total. The number of piperidine rings is 4. The van der Waals surface area contributed by atoms with Crippen LogP contribution in [0.15, 0.2) is 0 Å². The van der Waals surface area contributed by atoms with E-state index in [1.54, 1.807) is 0 Å². The molecule has 0 aromatic carbocycles. The van der Waals surface area contributed by atoms with Crippen LogP contribution in [0.5, 0.6) is 0 Å². The van der Waals surface area contributed by atoms with Crippen LogP contribution in [-0.2, 0) is 9.59 Å². The minimum Gasteiger partial charge on any atom is -0.356 e. The molecule has 4 rings (SSSR count).